The fourth-order valence-corrected chi connectivity index (χ4v) is 1.79. The first kappa shape index (κ1) is 17.6. The number of rotatable bonds is 7. The van der Waals surface area contributed by atoms with Crippen molar-refractivity contribution in [1.82, 2.24) is 0 Å². The molecule has 0 bridgehead atoms. The van der Waals surface area contributed by atoms with Crippen LogP contribution < -0.4 is 0 Å². The van der Waals surface area contributed by atoms with Gasteiger partial charge in [0.2, 0.25) is 0 Å². The number of hydrogen-bond donors (Lipinski definition) is 0. The SMILES string of the molecule is C=C(CC(=CC1=CCC(=O)C=C1)C(=O)OCC)C(=O)OCC. The number of ketones is 1. The molecule has 1 aliphatic rings. The van der Waals surface area contributed by atoms with Crippen molar-refractivity contribution in [1.29, 1.82) is 0 Å². The van der Waals surface area contributed by atoms with E-state index in [1.165, 1.54) is 6.08 Å². The molecule has 0 amide bonds. The molecule has 1 aliphatic carbocycles. The lowest BCUT2D eigenvalue weighted by atomic mass is 10.00. The first-order chi connectivity index (χ1) is 10.5. The van der Waals surface area contributed by atoms with Gasteiger partial charge in [-0.25, -0.2) is 9.59 Å². The van der Waals surface area contributed by atoms with Crippen LogP contribution in [0.3, 0.4) is 0 Å². The van der Waals surface area contributed by atoms with E-state index >= 15 is 0 Å². The summed E-state index contributed by atoms with van der Waals surface area (Å²) in [6, 6.07) is 0. The maximum atomic E-state index is 12.0. The van der Waals surface area contributed by atoms with E-state index < -0.39 is 11.9 Å². The first-order valence-electron chi connectivity index (χ1n) is 7.11. The molecule has 1 rings (SSSR count). The molecule has 5 nitrogen and oxygen atoms in total. The summed E-state index contributed by atoms with van der Waals surface area (Å²) in [5.74, 6) is -1.05. The third-order valence-corrected chi connectivity index (χ3v) is 2.85. The molecular formula is C17H20O5. The smallest absolute Gasteiger partial charge is 0.334 e. The van der Waals surface area contributed by atoms with Crippen molar-refractivity contribution >= 4 is 17.7 Å². The summed E-state index contributed by atoms with van der Waals surface area (Å²) < 4.78 is 9.85. The summed E-state index contributed by atoms with van der Waals surface area (Å²) in [6.45, 7) is 7.52. The lowest BCUT2D eigenvalue weighted by Crippen LogP contribution is -2.13. The second kappa shape index (κ2) is 8.77. The van der Waals surface area contributed by atoms with Gasteiger partial charge in [0.05, 0.1) is 13.2 Å². The van der Waals surface area contributed by atoms with Gasteiger partial charge in [-0.05, 0) is 31.6 Å². The molecule has 0 aromatic rings. The number of ether oxygens (including phenoxy) is 2. The molecule has 0 atom stereocenters. The van der Waals surface area contributed by atoms with Gasteiger partial charge in [-0.2, -0.15) is 0 Å². The Morgan fingerprint density at radius 3 is 2.36 bits per heavy atom. The molecular weight excluding hydrogens is 284 g/mol. The Balaban J connectivity index is 2.91. The van der Waals surface area contributed by atoms with E-state index in [1.54, 1.807) is 32.1 Å². The zero-order valence-corrected chi connectivity index (χ0v) is 12.9. The van der Waals surface area contributed by atoms with Gasteiger partial charge < -0.3 is 9.47 Å². The normalized spacial score (nSPS) is 14.4. The van der Waals surface area contributed by atoms with Crippen LogP contribution in [-0.2, 0) is 23.9 Å². The van der Waals surface area contributed by atoms with Crippen LogP contribution >= 0.6 is 0 Å². The Morgan fingerprint density at radius 1 is 1.18 bits per heavy atom. The molecule has 0 fully saturated rings. The molecule has 118 valence electrons. The van der Waals surface area contributed by atoms with Crippen LogP contribution in [0.15, 0.2) is 47.6 Å². The summed E-state index contributed by atoms with van der Waals surface area (Å²) >= 11 is 0. The minimum atomic E-state index is -0.541. The van der Waals surface area contributed by atoms with E-state index in [0.29, 0.717) is 5.57 Å². The highest BCUT2D eigenvalue weighted by molar-refractivity contribution is 5.96. The van der Waals surface area contributed by atoms with Crippen molar-refractivity contribution in [2.45, 2.75) is 26.7 Å². The van der Waals surface area contributed by atoms with Gasteiger partial charge in [0.25, 0.3) is 0 Å². The Bertz CT molecular complexity index is 564. The van der Waals surface area contributed by atoms with E-state index in [4.69, 9.17) is 9.47 Å². The maximum absolute atomic E-state index is 12.0. The monoisotopic (exact) mass is 304 g/mol. The van der Waals surface area contributed by atoms with Gasteiger partial charge in [0.1, 0.15) is 0 Å². The number of allylic oxidation sites excluding steroid dienone is 5. The van der Waals surface area contributed by atoms with Crippen LogP contribution in [0.25, 0.3) is 0 Å². The molecule has 0 saturated carbocycles. The molecule has 0 spiro atoms. The minimum Gasteiger partial charge on any atom is -0.463 e. The molecule has 0 unspecified atom stereocenters. The summed E-state index contributed by atoms with van der Waals surface area (Å²) in [5.41, 5.74) is 1.20. The topological polar surface area (TPSA) is 69.7 Å². The summed E-state index contributed by atoms with van der Waals surface area (Å²) in [7, 11) is 0. The minimum absolute atomic E-state index is 0.00534. The Morgan fingerprint density at radius 2 is 1.82 bits per heavy atom. The number of esters is 2. The summed E-state index contributed by atoms with van der Waals surface area (Å²) in [4.78, 5) is 34.8. The maximum Gasteiger partial charge on any atom is 0.334 e. The number of hydrogen-bond acceptors (Lipinski definition) is 5. The Kier molecular flexibility index (Phi) is 7.02. The lowest BCUT2D eigenvalue weighted by Gasteiger charge is -2.10. The molecule has 0 radical (unpaired) electrons. The van der Waals surface area contributed by atoms with E-state index in [0.717, 1.165) is 5.57 Å². The molecule has 0 saturated heterocycles. The summed E-state index contributed by atoms with van der Waals surface area (Å²) in [6.07, 6.45) is 6.72. The number of carbonyl (C=O) groups is 3. The highest BCUT2D eigenvalue weighted by Crippen LogP contribution is 2.18. The molecule has 0 heterocycles. The molecule has 0 aliphatic heterocycles. The van der Waals surface area contributed by atoms with Gasteiger partial charge in [-0.15, -0.1) is 0 Å². The van der Waals surface area contributed by atoms with Crippen LogP contribution in [0.4, 0.5) is 0 Å². The van der Waals surface area contributed by atoms with Crippen LogP contribution in [0.2, 0.25) is 0 Å². The van der Waals surface area contributed by atoms with Crippen molar-refractivity contribution in [3.63, 3.8) is 0 Å². The standard InChI is InChI=1S/C17H20O5/c1-4-21-16(19)12(3)10-14(17(20)22-5-2)11-13-6-8-15(18)9-7-13/h6-8,11H,3-5,9-10H2,1-2H3. The van der Waals surface area contributed by atoms with Crippen molar-refractivity contribution in [2.75, 3.05) is 13.2 Å². The lowest BCUT2D eigenvalue weighted by molar-refractivity contribution is -0.139. The highest BCUT2D eigenvalue weighted by Gasteiger charge is 2.17. The predicted octanol–water partition coefficient (Wildman–Crippen LogP) is 2.44. The third-order valence-electron chi connectivity index (χ3n) is 2.85. The van der Waals surface area contributed by atoms with E-state index in [1.807, 2.05) is 0 Å². The van der Waals surface area contributed by atoms with Crippen molar-refractivity contribution in [2.24, 2.45) is 0 Å². The Labute approximate surface area is 130 Å². The first-order valence-corrected chi connectivity index (χ1v) is 7.11. The molecule has 0 aromatic heterocycles. The number of carbonyl (C=O) groups excluding carboxylic acids is 3. The second-order valence-electron chi connectivity index (χ2n) is 4.60. The van der Waals surface area contributed by atoms with Gasteiger partial charge in [-0.1, -0.05) is 18.7 Å². The van der Waals surface area contributed by atoms with Gasteiger partial charge >= 0.3 is 11.9 Å². The zero-order valence-electron chi connectivity index (χ0n) is 12.9. The molecule has 22 heavy (non-hydrogen) atoms. The second-order valence-corrected chi connectivity index (χ2v) is 4.60. The molecule has 0 aromatic carbocycles. The van der Waals surface area contributed by atoms with Crippen LogP contribution in [0, 0.1) is 0 Å². The summed E-state index contributed by atoms with van der Waals surface area (Å²) in [5, 5.41) is 0. The molecule has 5 heteroatoms. The van der Waals surface area contributed by atoms with Crippen molar-refractivity contribution in [3.8, 4) is 0 Å². The van der Waals surface area contributed by atoms with Crippen LogP contribution in [0.1, 0.15) is 26.7 Å². The van der Waals surface area contributed by atoms with Gasteiger partial charge in [-0.3, -0.25) is 4.79 Å². The molecule has 0 N–H and O–H groups in total. The van der Waals surface area contributed by atoms with Gasteiger partial charge in [0.15, 0.2) is 5.78 Å². The average molecular weight is 304 g/mol. The van der Waals surface area contributed by atoms with Crippen LogP contribution in [-0.4, -0.2) is 30.9 Å². The van der Waals surface area contributed by atoms with E-state index in [9.17, 15) is 14.4 Å². The quantitative estimate of drug-likeness (QED) is 0.534. The fraction of sp³-hybridized carbons (Fsp3) is 0.353. The average Bonchev–Trinajstić information content (AvgIpc) is 2.49. The van der Waals surface area contributed by atoms with Crippen molar-refractivity contribution in [3.05, 3.63) is 47.6 Å². The van der Waals surface area contributed by atoms with Gasteiger partial charge in [0, 0.05) is 24.0 Å². The Hall–Kier alpha value is -2.43. The highest BCUT2D eigenvalue weighted by atomic mass is 16.5. The fourth-order valence-electron chi connectivity index (χ4n) is 1.79. The van der Waals surface area contributed by atoms with E-state index in [-0.39, 0.29) is 37.4 Å². The predicted molar refractivity (Wildman–Crippen MR) is 82.0 cm³/mol. The largest absolute Gasteiger partial charge is 0.463 e. The zero-order chi connectivity index (χ0) is 16.5. The third kappa shape index (κ3) is 5.52. The van der Waals surface area contributed by atoms with Crippen molar-refractivity contribution < 1.29 is 23.9 Å². The van der Waals surface area contributed by atoms with E-state index in [2.05, 4.69) is 6.58 Å². The van der Waals surface area contributed by atoms with Crippen LogP contribution in [0.5, 0.6) is 0 Å².